The highest BCUT2D eigenvalue weighted by Gasteiger charge is 2.10. The van der Waals surface area contributed by atoms with Crippen molar-refractivity contribution in [1.82, 2.24) is 20.1 Å². The Morgan fingerprint density at radius 3 is 2.54 bits per heavy atom. The molecule has 190 valence electrons. The quantitative estimate of drug-likeness (QED) is 0.404. The molecule has 2 heterocycles. The number of benzene rings is 2. The Balaban J connectivity index is 1.41. The lowest BCUT2D eigenvalue weighted by Gasteiger charge is -2.26. The number of nitrogen functional groups attached to an aromatic ring is 1. The zero-order valence-corrected chi connectivity index (χ0v) is 21.8. The second-order valence-corrected chi connectivity index (χ2v) is 9.70. The summed E-state index contributed by atoms with van der Waals surface area (Å²) in [6.45, 7) is 4.79. The lowest BCUT2D eigenvalue weighted by atomic mass is 10.0. The molecule has 6 heteroatoms. The van der Waals surface area contributed by atoms with Crippen LogP contribution in [0, 0.1) is 23.7 Å². The minimum Gasteiger partial charge on any atom is -0.383 e. The number of carbonyl (C=O) groups excluding carboxylic acids is 1. The van der Waals surface area contributed by atoms with Gasteiger partial charge in [0, 0.05) is 40.2 Å². The van der Waals surface area contributed by atoms with Gasteiger partial charge in [-0.25, -0.2) is 4.98 Å². The number of likely N-dealkylation sites (tertiary alicyclic amines) is 1. The van der Waals surface area contributed by atoms with Crippen LogP contribution in [0.4, 0.5) is 5.82 Å². The summed E-state index contributed by atoms with van der Waals surface area (Å²) in [6, 6.07) is 13.3. The molecule has 0 atom stereocenters. The molecule has 6 nitrogen and oxygen atoms in total. The van der Waals surface area contributed by atoms with Gasteiger partial charge in [0.25, 0.3) is 5.91 Å². The van der Waals surface area contributed by atoms with E-state index in [1.807, 2.05) is 61.5 Å². The van der Waals surface area contributed by atoms with E-state index in [4.69, 9.17) is 5.73 Å². The number of hydrogen-bond acceptors (Lipinski definition) is 5. The van der Waals surface area contributed by atoms with Crippen LogP contribution in [0.15, 0.2) is 48.7 Å². The molecule has 1 saturated heterocycles. The summed E-state index contributed by atoms with van der Waals surface area (Å²) in [5, 5.41) is 4.92. The Morgan fingerprint density at radius 2 is 1.78 bits per heavy atom. The van der Waals surface area contributed by atoms with Crippen molar-refractivity contribution in [1.29, 1.82) is 0 Å². The molecule has 1 aliphatic heterocycles. The molecule has 3 N–H and O–H groups in total. The van der Waals surface area contributed by atoms with E-state index in [-0.39, 0.29) is 5.91 Å². The molecular formula is C31H35N5O. The SMILES string of the molecule is CN(C)CC#Cc1ccc2cnc(N)c(C#Cc3ccc(C(=O)NCCCN4CCCCC4)cc3)c2c1. The van der Waals surface area contributed by atoms with E-state index in [1.165, 1.54) is 32.4 Å². The van der Waals surface area contributed by atoms with E-state index >= 15 is 0 Å². The largest absolute Gasteiger partial charge is 0.383 e. The molecule has 3 aromatic rings. The number of fused-ring (bicyclic) bond motifs is 1. The second-order valence-electron chi connectivity index (χ2n) is 9.70. The van der Waals surface area contributed by atoms with Crippen molar-refractivity contribution in [3.05, 3.63) is 70.9 Å². The van der Waals surface area contributed by atoms with Crippen molar-refractivity contribution < 1.29 is 4.79 Å². The van der Waals surface area contributed by atoms with Crippen molar-refractivity contribution in [3.8, 4) is 23.7 Å². The zero-order chi connectivity index (χ0) is 26.0. The van der Waals surface area contributed by atoms with Gasteiger partial charge in [0.2, 0.25) is 0 Å². The number of carbonyl (C=O) groups is 1. The number of amides is 1. The van der Waals surface area contributed by atoms with E-state index in [2.05, 4.69) is 38.9 Å². The van der Waals surface area contributed by atoms with Crippen LogP contribution < -0.4 is 11.1 Å². The molecule has 37 heavy (non-hydrogen) atoms. The Kier molecular flexibility index (Phi) is 9.16. The van der Waals surface area contributed by atoms with Gasteiger partial charge in [0.1, 0.15) is 5.82 Å². The van der Waals surface area contributed by atoms with E-state index < -0.39 is 0 Å². The highest BCUT2D eigenvalue weighted by molar-refractivity contribution is 5.94. The van der Waals surface area contributed by atoms with Gasteiger partial charge in [-0.05, 0) is 89.4 Å². The van der Waals surface area contributed by atoms with Crippen LogP contribution in [0.1, 0.15) is 52.7 Å². The van der Waals surface area contributed by atoms with Crippen molar-refractivity contribution in [2.75, 3.05) is 52.6 Å². The van der Waals surface area contributed by atoms with Gasteiger partial charge in [-0.3, -0.25) is 9.69 Å². The number of hydrogen-bond donors (Lipinski definition) is 2. The molecule has 2 aromatic carbocycles. The molecular weight excluding hydrogens is 458 g/mol. The van der Waals surface area contributed by atoms with Gasteiger partial charge in [-0.2, -0.15) is 0 Å². The monoisotopic (exact) mass is 493 g/mol. The number of piperidine rings is 1. The summed E-state index contributed by atoms with van der Waals surface area (Å²) in [5.41, 5.74) is 9.23. The maximum absolute atomic E-state index is 12.5. The van der Waals surface area contributed by atoms with Crippen LogP contribution in [0.25, 0.3) is 10.8 Å². The number of nitrogens with one attached hydrogen (secondary N) is 1. The van der Waals surface area contributed by atoms with Gasteiger partial charge >= 0.3 is 0 Å². The minimum atomic E-state index is -0.0523. The summed E-state index contributed by atoms with van der Waals surface area (Å²) in [6.07, 6.45) is 6.65. The van der Waals surface area contributed by atoms with Gasteiger partial charge in [0.15, 0.2) is 0 Å². The second kappa shape index (κ2) is 12.9. The minimum absolute atomic E-state index is 0.0523. The van der Waals surface area contributed by atoms with Gasteiger partial charge < -0.3 is 16.0 Å². The number of aromatic nitrogens is 1. The van der Waals surface area contributed by atoms with Crippen LogP contribution >= 0.6 is 0 Å². The maximum Gasteiger partial charge on any atom is 0.251 e. The molecule has 0 unspecified atom stereocenters. The van der Waals surface area contributed by atoms with Crippen molar-refractivity contribution in [2.45, 2.75) is 25.7 Å². The number of pyridine rings is 1. The third-order valence-corrected chi connectivity index (χ3v) is 6.41. The zero-order valence-electron chi connectivity index (χ0n) is 21.8. The predicted octanol–water partition coefficient (Wildman–Crippen LogP) is 3.74. The van der Waals surface area contributed by atoms with Crippen LogP contribution in [0.5, 0.6) is 0 Å². The fraction of sp³-hybridized carbons (Fsp3) is 0.355. The molecule has 1 fully saturated rings. The van der Waals surface area contributed by atoms with Crippen LogP contribution in [0.3, 0.4) is 0 Å². The van der Waals surface area contributed by atoms with E-state index in [0.717, 1.165) is 34.9 Å². The van der Waals surface area contributed by atoms with Crippen molar-refractivity contribution in [3.63, 3.8) is 0 Å². The van der Waals surface area contributed by atoms with Crippen LogP contribution in [-0.2, 0) is 0 Å². The summed E-state index contributed by atoms with van der Waals surface area (Å²) in [4.78, 5) is 21.3. The summed E-state index contributed by atoms with van der Waals surface area (Å²) in [5.74, 6) is 13.1. The topological polar surface area (TPSA) is 74.5 Å². The third kappa shape index (κ3) is 7.57. The summed E-state index contributed by atoms with van der Waals surface area (Å²) < 4.78 is 0. The third-order valence-electron chi connectivity index (χ3n) is 6.41. The Bertz CT molecular complexity index is 1350. The average Bonchev–Trinajstić information content (AvgIpc) is 2.91. The fourth-order valence-electron chi connectivity index (χ4n) is 4.37. The van der Waals surface area contributed by atoms with Crippen molar-refractivity contribution in [2.24, 2.45) is 0 Å². The smallest absolute Gasteiger partial charge is 0.251 e. The molecule has 0 bridgehead atoms. The number of nitrogens with two attached hydrogens (primary N) is 1. The lowest BCUT2D eigenvalue weighted by molar-refractivity contribution is 0.0951. The Hall–Kier alpha value is -3.84. The normalized spacial score (nSPS) is 13.5. The van der Waals surface area contributed by atoms with Crippen LogP contribution in [-0.4, -0.2) is 67.5 Å². The first kappa shape index (κ1) is 26.2. The maximum atomic E-state index is 12.5. The van der Waals surface area contributed by atoms with E-state index in [1.54, 1.807) is 6.20 Å². The highest BCUT2D eigenvalue weighted by atomic mass is 16.1. The predicted molar refractivity (Wildman–Crippen MR) is 151 cm³/mol. The van der Waals surface area contributed by atoms with E-state index in [0.29, 0.717) is 30.0 Å². The standard InChI is InChI=1S/C31H35N5O/c1-35(2)18-6-8-25-11-15-27-23-34-30(32)28(29(27)22-25)16-12-24-9-13-26(14-10-24)31(37)33-17-7-21-36-19-4-3-5-20-36/h9-11,13-15,22-23H,3-5,7,17-21H2,1-2H3,(H2,32,34)(H,33,37). The molecule has 0 aliphatic carbocycles. The average molecular weight is 494 g/mol. The first-order valence-electron chi connectivity index (χ1n) is 12.9. The first-order valence-corrected chi connectivity index (χ1v) is 12.9. The lowest BCUT2D eigenvalue weighted by Crippen LogP contribution is -2.33. The fourth-order valence-corrected chi connectivity index (χ4v) is 4.37. The molecule has 4 rings (SSSR count). The first-order chi connectivity index (χ1) is 18.0. The molecule has 0 spiro atoms. The summed E-state index contributed by atoms with van der Waals surface area (Å²) in [7, 11) is 3.98. The van der Waals surface area contributed by atoms with Crippen LogP contribution in [0.2, 0.25) is 0 Å². The van der Waals surface area contributed by atoms with Crippen molar-refractivity contribution >= 4 is 22.5 Å². The molecule has 1 amide bonds. The van der Waals surface area contributed by atoms with Gasteiger partial charge in [-0.15, -0.1) is 0 Å². The van der Waals surface area contributed by atoms with Gasteiger partial charge in [0.05, 0.1) is 12.1 Å². The Morgan fingerprint density at radius 1 is 1.03 bits per heavy atom. The van der Waals surface area contributed by atoms with E-state index in [9.17, 15) is 4.79 Å². The molecule has 1 aromatic heterocycles. The number of anilines is 1. The highest BCUT2D eigenvalue weighted by Crippen LogP contribution is 2.23. The summed E-state index contributed by atoms with van der Waals surface area (Å²) >= 11 is 0. The molecule has 0 saturated carbocycles. The Labute approximate surface area is 220 Å². The molecule has 1 aliphatic rings. The number of rotatable bonds is 6. The number of nitrogens with zero attached hydrogens (tertiary/aromatic N) is 3. The molecule has 0 radical (unpaired) electrons. The van der Waals surface area contributed by atoms with Gasteiger partial charge in [-0.1, -0.05) is 36.2 Å².